The van der Waals surface area contributed by atoms with Gasteiger partial charge in [0, 0.05) is 6.04 Å². The second kappa shape index (κ2) is 34.8. The molecule has 0 aromatic carbocycles. The summed E-state index contributed by atoms with van der Waals surface area (Å²) in [6.45, 7) is 6.56. The number of unbranched alkanes of at least 4 members (excludes halogenated alkanes) is 17. The van der Waals surface area contributed by atoms with E-state index in [2.05, 4.69) is 67.9 Å². The van der Waals surface area contributed by atoms with Crippen molar-refractivity contribution < 1.29 is 14.7 Å². The lowest BCUT2D eigenvalue weighted by Crippen LogP contribution is -2.43. The monoisotopic (exact) mass is 631 g/mol. The maximum atomic E-state index is 12.2. The molecule has 3 N–H and O–H groups in total. The minimum atomic E-state index is -1.01. The van der Waals surface area contributed by atoms with Crippen LogP contribution in [0.5, 0.6) is 0 Å². The molecule has 0 aliphatic rings. The molecule has 0 aliphatic carbocycles. The number of hydrogen-bond donors (Lipinski definition) is 3. The first kappa shape index (κ1) is 43.0. The molecule has 0 saturated heterocycles. The number of carboxylic acids is 1. The van der Waals surface area contributed by atoms with Crippen molar-refractivity contribution in [1.29, 1.82) is 0 Å². The molecule has 0 fully saturated rings. The van der Waals surface area contributed by atoms with Gasteiger partial charge >= 0.3 is 12.0 Å². The molecule has 262 valence electrons. The zero-order valence-electron chi connectivity index (χ0n) is 30.0. The van der Waals surface area contributed by atoms with Crippen LogP contribution >= 0.6 is 0 Å². The van der Waals surface area contributed by atoms with Gasteiger partial charge in [0.05, 0.1) is 0 Å². The number of hydrogen-bond acceptors (Lipinski definition) is 2. The van der Waals surface area contributed by atoms with Crippen LogP contribution in [0.1, 0.15) is 188 Å². The van der Waals surface area contributed by atoms with Gasteiger partial charge in [-0.1, -0.05) is 160 Å². The van der Waals surface area contributed by atoms with Gasteiger partial charge in [0.1, 0.15) is 6.54 Å². The second-order valence-corrected chi connectivity index (χ2v) is 13.3. The van der Waals surface area contributed by atoms with Crippen molar-refractivity contribution in [2.24, 2.45) is 5.92 Å². The fraction of sp³-hybridized carbons (Fsp3) is 0.800. The molecule has 0 aromatic rings. The molecule has 0 heterocycles. The zero-order valence-corrected chi connectivity index (χ0v) is 30.0. The Bertz CT molecular complexity index is 746. The summed E-state index contributed by atoms with van der Waals surface area (Å²) in [7, 11) is 0. The molecule has 2 unspecified atom stereocenters. The van der Waals surface area contributed by atoms with E-state index in [1.54, 1.807) is 0 Å². The standard InChI is InChI=1S/C40H74N2O3/c1-4-6-8-9-10-11-12-13-14-15-16-17-20-23-26-30-34-38(42-40(45)41-36-39(43)44)35-31-27-24-21-18-19-22-25-29-33-37(3)32-28-7-5-2/h10-11,13-14,25,29,37-38H,4-9,12,15-24,26-28,30-36H2,1-3H3,(H,43,44)(H2,41,42,45)/b11-10-,14-13-,29-25-. The predicted octanol–water partition coefficient (Wildman–Crippen LogP) is 12.2. The van der Waals surface area contributed by atoms with Gasteiger partial charge in [-0.25, -0.2) is 4.79 Å². The summed E-state index contributed by atoms with van der Waals surface area (Å²) in [6, 6.07) is -0.232. The van der Waals surface area contributed by atoms with Crippen molar-refractivity contribution in [3.8, 4) is 0 Å². The highest BCUT2D eigenvalue weighted by Crippen LogP contribution is 2.16. The van der Waals surface area contributed by atoms with Crippen LogP contribution in [0, 0.1) is 5.92 Å². The Morgan fingerprint density at radius 3 is 1.56 bits per heavy atom. The summed E-state index contributed by atoms with van der Waals surface area (Å²) in [6.07, 6.45) is 46.0. The molecular formula is C40H74N2O3. The molecule has 0 radical (unpaired) electrons. The Morgan fingerprint density at radius 2 is 1.02 bits per heavy atom. The summed E-state index contributed by atoms with van der Waals surface area (Å²) < 4.78 is 0. The summed E-state index contributed by atoms with van der Waals surface area (Å²) in [5.41, 5.74) is 0. The fourth-order valence-corrected chi connectivity index (χ4v) is 5.73. The van der Waals surface area contributed by atoms with Crippen LogP contribution in [-0.2, 0) is 4.79 Å². The minimum Gasteiger partial charge on any atom is -0.480 e. The van der Waals surface area contributed by atoms with E-state index in [0.29, 0.717) is 0 Å². The van der Waals surface area contributed by atoms with Crippen molar-refractivity contribution in [3.63, 3.8) is 0 Å². The molecule has 2 amide bonds. The summed E-state index contributed by atoms with van der Waals surface area (Å²) in [5, 5.41) is 14.4. The van der Waals surface area contributed by atoms with Crippen molar-refractivity contribution >= 4 is 12.0 Å². The third kappa shape index (κ3) is 34.7. The molecule has 2 atom stereocenters. The first-order valence-corrected chi connectivity index (χ1v) is 19.2. The summed E-state index contributed by atoms with van der Waals surface area (Å²) in [4.78, 5) is 23.0. The van der Waals surface area contributed by atoms with Gasteiger partial charge in [0.2, 0.25) is 0 Å². The maximum absolute atomic E-state index is 12.2. The fourth-order valence-electron chi connectivity index (χ4n) is 5.73. The summed E-state index contributed by atoms with van der Waals surface area (Å²) in [5.74, 6) is -0.200. The molecule has 5 nitrogen and oxygen atoms in total. The Balaban J connectivity index is 3.99. The van der Waals surface area contributed by atoms with E-state index in [1.807, 2.05) is 0 Å². The smallest absolute Gasteiger partial charge is 0.323 e. The van der Waals surface area contributed by atoms with Gasteiger partial charge in [-0.2, -0.15) is 0 Å². The number of carboxylic acid groups (broad SMARTS) is 1. The summed E-state index contributed by atoms with van der Waals surface area (Å²) >= 11 is 0. The molecule has 0 rings (SSSR count). The highest BCUT2D eigenvalue weighted by molar-refractivity contribution is 5.79. The van der Waals surface area contributed by atoms with Crippen LogP contribution < -0.4 is 10.6 Å². The Hall–Kier alpha value is -2.04. The average Bonchev–Trinajstić information content (AvgIpc) is 3.02. The van der Waals surface area contributed by atoms with Crippen molar-refractivity contribution in [2.75, 3.05) is 6.54 Å². The van der Waals surface area contributed by atoms with Gasteiger partial charge in [-0.15, -0.1) is 0 Å². The molecule has 0 spiro atoms. The van der Waals surface area contributed by atoms with Gasteiger partial charge in [0.25, 0.3) is 0 Å². The number of allylic oxidation sites excluding steroid dienone is 6. The molecule has 0 saturated carbocycles. The van der Waals surface area contributed by atoms with E-state index >= 15 is 0 Å². The quantitative estimate of drug-likeness (QED) is 0.0498. The number of carbonyl (C=O) groups excluding carboxylic acids is 1. The number of amides is 2. The third-order valence-electron chi connectivity index (χ3n) is 8.67. The number of nitrogens with one attached hydrogen (secondary N) is 2. The van der Waals surface area contributed by atoms with Gasteiger partial charge in [-0.3, -0.25) is 4.79 Å². The van der Waals surface area contributed by atoms with E-state index in [4.69, 9.17) is 5.11 Å². The molecule has 5 heteroatoms. The van der Waals surface area contributed by atoms with Gasteiger partial charge < -0.3 is 15.7 Å². The van der Waals surface area contributed by atoms with Crippen LogP contribution in [0.3, 0.4) is 0 Å². The van der Waals surface area contributed by atoms with E-state index in [0.717, 1.165) is 38.0 Å². The number of rotatable bonds is 33. The van der Waals surface area contributed by atoms with Crippen LogP contribution in [-0.4, -0.2) is 29.7 Å². The number of carbonyl (C=O) groups is 2. The Morgan fingerprint density at radius 1 is 0.578 bits per heavy atom. The highest BCUT2D eigenvalue weighted by Gasteiger charge is 2.12. The largest absolute Gasteiger partial charge is 0.480 e. The highest BCUT2D eigenvalue weighted by atomic mass is 16.4. The molecule has 0 bridgehead atoms. The SMILES string of the molecule is CCCCC/C=C\C/C=C\CCCCCCCCC(CCCCCCCC/C=C\CC(C)CCCCC)NC(=O)NCC(=O)O. The molecule has 45 heavy (non-hydrogen) atoms. The minimum absolute atomic E-state index is 0.124. The van der Waals surface area contributed by atoms with Crippen LogP contribution in [0.25, 0.3) is 0 Å². The Kier molecular flexibility index (Phi) is 33.2. The van der Waals surface area contributed by atoms with Crippen molar-refractivity contribution in [1.82, 2.24) is 10.6 Å². The van der Waals surface area contributed by atoms with E-state index in [9.17, 15) is 9.59 Å². The maximum Gasteiger partial charge on any atom is 0.323 e. The predicted molar refractivity (Wildman–Crippen MR) is 196 cm³/mol. The molecule has 0 aliphatic heterocycles. The second-order valence-electron chi connectivity index (χ2n) is 13.3. The van der Waals surface area contributed by atoms with E-state index in [1.165, 1.54) is 135 Å². The zero-order chi connectivity index (χ0) is 33.1. The average molecular weight is 631 g/mol. The van der Waals surface area contributed by atoms with Crippen molar-refractivity contribution in [2.45, 2.75) is 194 Å². The van der Waals surface area contributed by atoms with Crippen LogP contribution in [0.2, 0.25) is 0 Å². The first-order valence-electron chi connectivity index (χ1n) is 19.2. The topological polar surface area (TPSA) is 78.4 Å². The lowest BCUT2D eigenvalue weighted by molar-refractivity contribution is -0.135. The third-order valence-corrected chi connectivity index (χ3v) is 8.67. The lowest BCUT2D eigenvalue weighted by atomic mass is 9.99. The first-order chi connectivity index (χ1) is 22.0. The van der Waals surface area contributed by atoms with Gasteiger partial charge in [-0.05, 0) is 70.1 Å². The van der Waals surface area contributed by atoms with Gasteiger partial charge in [0.15, 0.2) is 0 Å². The van der Waals surface area contributed by atoms with E-state index < -0.39 is 5.97 Å². The van der Waals surface area contributed by atoms with E-state index in [-0.39, 0.29) is 18.6 Å². The molecular weight excluding hydrogens is 556 g/mol. The van der Waals surface area contributed by atoms with Crippen molar-refractivity contribution in [3.05, 3.63) is 36.5 Å². The number of aliphatic carboxylic acids is 1. The number of urea groups is 1. The molecule has 0 aromatic heterocycles. The normalized spacial score (nSPS) is 13.2. The van der Waals surface area contributed by atoms with Crippen LogP contribution in [0.15, 0.2) is 36.5 Å². The Labute approximate surface area is 279 Å². The van der Waals surface area contributed by atoms with Crippen LogP contribution in [0.4, 0.5) is 4.79 Å². The lowest BCUT2D eigenvalue weighted by Gasteiger charge is -2.19.